The van der Waals surface area contributed by atoms with Gasteiger partial charge in [0.1, 0.15) is 0 Å². The molecule has 1 aromatic rings. The molecule has 4 nitrogen and oxygen atoms in total. The summed E-state index contributed by atoms with van der Waals surface area (Å²) >= 11 is 1.55. The van der Waals surface area contributed by atoms with Crippen molar-refractivity contribution in [2.75, 3.05) is 13.1 Å². The Hall–Kier alpha value is -0.910. The SMILES string of the molecule is CC(C)N1CCCCC1C(=O)NCC(O)c1ccsc1. The van der Waals surface area contributed by atoms with Gasteiger partial charge < -0.3 is 10.4 Å². The number of amides is 1. The zero-order chi connectivity index (χ0) is 14.5. The van der Waals surface area contributed by atoms with Gasteiger partial charge in [-0.05, 0) is 55.6 Å². The Kier molecular flexibility index (Phi) is 5.57. The van der Waals surface area contributed by atoms with Crippen LogP contribution in [-0.4, -0.2) is 41.1 Å². The average Bonchev–Trinajstić information content (AvgIpc) is 2.98. The van der Waals surface area contributed by atoms with E-state index in [-0.39, 0.29) is 18.5 Å². The molecule has 1 amide bonds. The van der Waals surface area contributed by atoms with Crippen LogP contribution in [0.2, 0.25) is 0 Å². The summed E-state index contributed by atoms with van der Waals surface area (Å²) in [6, 6.07) is 2.23. The van der Waals surface area contributed by atoms with Crippen molar-refractivity contribution in [3.63, 3.8) is 0 Å². The van der Waals surface area contributed by atoms with Crippen molar-refractivity contribution in [3.8, 4) is 0 Å². The van der Waals surface area contributed by atoms with Crippen LogP contribution in [0.3, 0.4) is 0 Å². The van der Waals surface area contributed by atoms with Gasteiger partial charge in [0, 0.05) is 12.6 Å². The number of nitrogens with zero attached hydrogens (tertiary/aromatic N) is 1. The summed E-state index contributed by atoms with van der Waals surface area (Å²) in [5.74, 6) is 0.0488. The van der Waals surface area contributed by atoms with Gasteiger partial charge in [-0.25, -0.2) is 0 Å². The van der Waals surface area contributed by atoms with Crippen LogP contribution in [0.25, 0.3) is 0 Å². The lowest BCUT2D eigenvalue weighted by atomic mass is 9.99. The van der Waals surface area contributed by atoms with Crippen LogP contribution in [0.4, 0.5) is 0 Å². The molecule has 0 aromatic carbocycles. The molecule has 0 spiro atoms. The largest absolute Gasteiger partial charge is 0.387 e. The van der Waals surface area contributed by atoms with Gasteiger partial charge in [-0.2, -0.15) is 11.3 Å². The molecule has 0 aliphatic carbocycles. The van der Waals surface area contributed by atoms with Gasteiger partial charge in [-0.15, -0.1) is 0 Å². The maximum atomic E-state index is 12.3. The highest BCUT2D eigenvalue weighted by Crippen LogP contribution is 2.20. The highest BCUT2D eigenvalue weighted by Gasteiger charge is 2.30. The molecular weight excluding hydrogens is 272 g/mol. The van der Waals surface area contributed by atoms with E-state index in [1.807, 2.05) is 16.8 Å². The molecule has 1 saturated heterocycles. The van der Waals surface area contributed by atoms with Crippen LogP contribution in [-0.2, 0) is 4.79 Å². The topological polar surface area (TPSA) is 52.6 Å². The molecule has 5 heteroatoms. The predicted octanol–water partition coefficient (Wildman–Crippen LogP) is 2.16. The molecule has 2 rings (SSSR count). The van der Waals surface area contributed by atoms with Gasteiger partial charge in [0.05, 0.1) is 12.1 Å². The molecule has 112 valence electrons. The number of aliphatic hydroxyl groups excluding tert-OH is 1. The number of rotatable bonds is 5. The van der Waals surface area contributed by atoms with E-state index in [1.54, 1.807) is 11.3 Å². The Bertz CT molecular complexity index is 420. The normalized spacial score (nSPS) is 21.9. The van der Waals surface area contributed by atoms with Gasteiger partial charge >= 0.3 is 0 Å². The van der Waals surface area contributed by atoms with Crippen molar-refractivity contribution in [3.05, 3.63) is 22.4 Å². The number of carbonyl (C=O) groups excluding carboxylic acids is 1. The number of aliphatic hydroxyl groups is 1. The summed E-state index contributed by atoms with van der Waals surface area (Å²) in [4.78, 5) is 14.6. The molecule has 2 atom stereocenters. The first-order chi connectivity index (χ1) is 9.59. The molecule has 0 saturated carbocycles. The molecule has 20 heavy (non-hydrogen) atoms. The minimum atomic E-state index is -0.610. The Morgan fingerprint density at radius 2 is 2.35 bits per heavy atom. The minimum Gasteiger partial charge on any atom is -0.387 e. The summed E-state index contributed by atoms with van der Waals surface area (Å²) in [6.07, 6.45) is 2.58. The standard InChI is InChI=1S/C15H24N2O2S/c1-11(2)17-7-4-3-5-13(17)15(19)16-9-14(18)12-6-8-20-10-12/h6,8,10-11,13-14,18H,3-5,7,9H2,1-2H3,(H,16,19). The molecule has 1 aliphatic heterocycles. The van der Waals surface area contributed by atoms with E-state index in [1.165, 1.54) is 6.42 Å². The van der Waals surface area contributed by atoms with E-state index in [2.05, 4.69) is 24.1 Å². The van der Waals surface area contributed by atoms with Gasteiger partial charge in [-0.3, -0.25) is 9.69 Å². The van der Waals surface area contributed by atoms with Gasteiger partial charge in [-0.1, -0.05) is 6.42 Å². The number of piperidine rings is 1. The van der Waals surface area contributed by atoms with Gasteiger partial charge in [0.25, 0.3) is 0 Å². The van der Waals surface area contributed by atoms with Crippen molar-refractivity contribution < 1.29 is 9.90 Å². The van der Waals surface area contributed by atoms with E-state index in [4.69, 9.17) is 0 Å². The quantitative estimate of drug-likeness (QED) is 0.875. The molecule has 1 fully saturated rings. The summed E-state index contributed by atoms with van der Waals surface area (Å²) in [5, 5.41) is 16.8. The summed E-state index contributed by atoms with van der Waals surface area (Å²) in [7, 11) is 0. The van der Waals surface area contributed by atoms with Crippen LogP contribution in [0.5, 0.6) is 0 Å². The third kappa shape index (κ3) is 3.81. The van der Waals surface area contributed by atoms with Crippen molar-refractivity contribution in [1.82, 2.24) is 10.2 Å². The molecule has 2 heterocycles. The number of carbonyl (C=O) groups is 1. The summed E-state index contributed by atoms with van der Waals surface area (Å²) in [5.41, 5.74) is 0.875. The van der Waals surface area contributed by atoms with Crippen LogP contribution in [0.1, 0.15) is 44.8 Å². The minimum absolute atomic E-state index is 0.0431. The molecule has 1 aliphatic rings. The Morgan fingerprint density at radius 3 is 3.00 bits per heavy atom. The predicted molar refractivity (Wildman–Crippen MR) is 81.8 cm³/mol. The van der Waals surface area contributed by atoms with E-state index >= 15 is 0 Å². The zero-order valence-corrected chi connectivity index (χ0v) is 13.0. The number of nitrogens with one attached hydrogen (secondary N) is 1. The first-order valence-corrected chi connectivity index (χ1v) is 8.27. The lowest BCUT2D eigenvalue weighted by molar-refractivity contribution is -0.129. The molecule has 2 unspecified atom stereocenters. The Balaban J connectivity index is 1.87. The van der Waals surface area contributed by atoms with Crippen LogP contribution in [0.15, 0.2) is 16.8 Å². The van der Waals surface area contributed by atoms with Crippen molar-refractivity contribution in [1.29, 1.82) is 0 Å². The molecule has 1 aromatic heterocycles. The maximum Gasteiger partial charge on any atom is 0.237 e. The fourth-order valence-electron chi connectivity index (χ4n) is 2.75. The summed E-state index contributed by atoms with van der Waals surface area (Å²) < 4.78 is 0. The van der Waals surface area contributed by atoms with Crippen LogP contribution < -0.4 is 5.32 Å². The third-order valence-corrected chi connectivity index (χ3v) is 4.61. The fraction of sp³-hybridized carbons (Fsp3) is 0.667. The molecule has 0 bridgehead atoms. The lowest BCUT2D eigenvalue weighted by Crippen LogP contribution is -2.52. The molecule has 2 N–H and O–H groups in total. The second-order valence-corrected chi connectivity index (χ2v) is 6.44. The highest BCUT2D eigenvalue weighted by molar-refractivity contribution is 7.07. The Morgan fingerprint density at radius 1 is 1.55 bits per heavy atom. The highest BCUT2D eigenvalue weighted by atomic mass is 32.1. The zero-order valence-electron chi connectivity index (χ0n) is 12.2. The fourth-order valence-corrected chi connectivity index (χ4v) is 3.46. The smallest absolute Gasteiger partial charge is 0.237 e. The second-order valence-electron chi connectivity index (χ2n) is 5.66. The van der Waals surface area contributed by atoms with E-state index in [9.17, 15) is 9.90 Å². The molecular formula is C15H24N2O2S. The number of hydrogen-bond donors (Lipinski definition) is 2. The molecule has 0 radical (unpaired) electrons. The van der Waals surface area contributed by atoms with Crippen molar-refractivity contribution in [2.45, 2.75) is 51.3 Å². The second kappa shape index (κ2) is 7.20. The van der Waals surface area contributed by atoms with Gasteiger partial charge in [0.2, 0.25) is 5.91 Å². The first-order valence-electron chi connectivity index (χ1n) is 7.33. The number of thiophene rings is 1. The Labute approximate surface area is 124 Å². The number of hydrogen-bond acceptors (Lipinski definition) is 4. The first kappa shape index (κ1) is 15.5. The number of likely N-dealkylation sites (tertiary alicyclic amines) is 1. The van der Waals surface area contributed by atoms with E-state index in [0.717, 1.165) is 24.9 Å². The van der Waals surface area contributed by atoms with Gasteiger partial charge in [0.15, 0.2) is 0 Å². The van der Waals surface area contributed by atoms with Crippen molar-refractivity contribution in [2.24, 2.45) is 0 Å². The van der Waals surface area contributed by atoms with Crippen LogP contribution >= 0.6 is 11.3 Å². The lowest BCUT2D eigenvalue weighted by Gasteiger charge is -2.37. The third-order valence-electron chi connectivity index (χ3n) is 3.91. The van der Waals surface area contributed by atoms with Crippen molar-refractivity contribution >= 4 is 17.2 Å². The van der Waals surface area contributed by atoms with E-state index < -0.39 is 6.10 Å². The summed E-state index contributed by atoms with van der Waals surface area (Å²) in [6.45, 7) is 5.54. The monoisotopic (exact) mass is 296 g/mol. The van der Waals surface area contributed by atoms with Crippen LogP contribution in [0, 0.1) is 0 Å². The van der Waals surface area contributed by atoms with E-state index in [0.29, 0.717) is 6.04 Å². The maximum absolute atomic E-state index is 12.3. The average molecular weight is 296 g/mol.